The highest BCUT2D eigenvalue weighted by Crippen LogP contribution is 2.38. The molecule has 0 aromatic heterocycles. The summed E-state index contributed by atoms with van der Waals surface area (Å²) < 4.78 is 0. The lowest BCUT2D eigenvalue weighted by molar-refractivity contribution is -0.150. The number of carboxylic acid groups (broad SMARTS) is 1. The molecular weight excluding hydrogens is 705 g/mol. The van der Waals surface area contributed by atoms with Crippen molar-refractivity contribution < 1.29 is 9.90 Å². The van der Waals surface area contributed by atoms with Crippen LogP contribution in [-0.2, 0) is 4.79 Å². The van der Waals surface area contributed by atoms with Crippen LogP contribution in [0, 0.1) is 5.41 Å². The largest absolute Gasteiger partial charge is 0.481 e. The van der Waals surface area contributed by atoms with Crippen LogP contribution >= 0.6 is 0 Å². The molecule has 0 aliphatic carbocycles. The molecule has 58 heavy (non-hydrogen) atoms. The first kappa shape index (κ1) is 57.5. The number of carboxylic acids is 1. The van der Waals surface area contributed by atoms with Gasteiger partial charge in [0.1, 0.15) is 0 Å². The lowest BCUT2D eigenvalue weighted by Gasteiger charge is -2.30. The first-order valence-corrected chi connectivity index (χ1v) is 27.9. The van der Waals surface area contributed by atoms with E-state index in [1.807, 2.05) is 0 Å². The van der Waals surface area contributed by atoms with Crippen LogP contribution in [0.5, 0.6) is 0 Å². The molecule has 0 radical (unpaired) electrons. The van der Waals surface area contributed by atoms with Crippen LogP contribution in [0.25, 0.3) is 0 Å². The summed E-state index contributed by atoms with van der Waals surface area (Å²) in [5, 5.41) is 10.7. The van der Waals surface area contributed by atoms with Gasteiger partial charge in [-0.15, -0.1) is 0 Å². The Kier molecular flexibility index (Phi) is 48.7. The Balaban J connectivity index is 4.30. The molecule has 0 saturated heterocycles. The van der Waals surface area contributed by atoms with Gasteiger partial charge in [0.15, 0.2) is 0 Å². The standard InChI is InChI=1S/C56H112O2/c1-4-7-10-13-16-19-22-25-28-30-31-33-36-39-42-45-48-51-54-56(55(57)58,52-49-46-43-40-37-34-27-24-21-18-15-12-9-6-3)53-50-47-44-41-38-35-32-29-26-23-20-17-14-11-8-5-2/h4-54H2,1-3H3,(H,57,58). The van der Waals surface area contributed by atoms with Crippen molar-refractivity contribution in [1.29, 1.82) is 0 Å². The predicted octanol–water partition coefficient (Wildman–Crippen LogP) is 21.0. The van der Waals surface area contributed by atoms with E-state index in [4.69, 9.17) is 0 Å². The average Bonchev–Trinajstić information content (AvgIpc) is 3.22. The van der Waals surface area contributed by atoms with Crippen molar-refractivity contribution in [3.05, 3.63) is 0 Å². The van der Waals surface area contributed by atoms with Crippen LogP contribution in [0.2, 0.25) is 0 Å². The van der Waals surface area contributed by atoms with Crippen LogP contribution in [0.15, 0.2) is 0 Å². The molecule has 1 N–H and O–H groups in total. The molecule has 0 fully saturated rings. The SMILES string of the molecule is CCCCCCCCCCCCCCCCCCCCC(CCCCCCCCCCCCCCCC)(CCCCCCCCCCCCCCCCCC)C(=O)O. The minimum Gasteiger partial charge on any atom is -0.481 e. The molecule has 0 aromatic carbocycles. The van der Waals surface area contributed by atoms with Crippen molar-refractivity contribution in [1.82, 2.24) is 0 Å². The Bertz CT molecular complexity index is 762. The Morgan fingerprint density at radius 3 is 0.483 bits per heavy atom. The van der Waals surface area contributed by atoms with E-state index in [0.717, 1.165) is 38.5 Å². The van der Waals surface area contributed by atoms with E-state index in [2.05, 4.69) is 20.8 Å². The van der Waals surface area contributed by atoms with Crippen LogP contribution in [0.3, 0.4) is 0 Å². The third-order valence-corrected chi connectivity index (χ3v) is 14.0. The zero-order valence-electron chi connectivity index (χ0n) is 40.9. The first-order chi connectivity index (χ1) is 28.6. The van der Waals surface area contributed by atoms with Crippen LogP contribution in [-0.4, -0.2) is 11.1 Å². The van der Waals surface area contributed by atoms with E-state index in [1.165, 1.54) is 289 Å². The van der Waals surface area contributed by atoms with E-state index in [9.17, 15) is 9.90 Å². The molecule has 0 aromatic rings. The van der Waals surface area contributed by atoms with Crippen LogP contribution in [0.1, 0.15) is 348 Å². The van der Waals surface area contributed by atoms with Crippen molar-refractivity contribution in [2.24, 2.45) is 5.41 Å². The molecule has 2 nitrogen and oxygen atoms in total. The quantitative estimate of drug-likeness (QED) is 0.0621. The van der Waals surface area contributed by atoms with Gasteiger partial charge in [-0.05, 0) is 19.3 Å². The summed E-state index contributed by atoms with van der Waals surface area (Å²) in [6, 6.07) is 0. The van der Waals surface area contributed by atoms with Crippen LogP contribution < -0.4 is 0 Å². The first-order valence-electron chi connectivity index (χ1n) is 27.9. The second-order valence-corrected chi connectivity index (χ2v) is 19.7. The number of unbranched alkanes of at least 4 members (excludes halogenated alkanes) is 45. The van der Waals surface area contributed by atoms with Gasteiger partial charge in [-0.25, -0.2) is 0 Å². The number of carbonyl (C=O) groups is 1. The van der Waals surface area contributed by atoms with E-state index in [1.54, 1.807) is 0 Å². The predicted molar refractivity (Wildman–Crippen MR) is 263 cm³/mol. The average molecular weight is 818 g/mol. The summed E-state index contributed by atoms with van der Waals surface area (Å²) in [4.78, 5) is 13.0. The second kappa shape index (κ2) is 49.1. The summed E-state index contributed by atoms with van der Waals surface area (Å²) in [6.45, 7) is 6.90. The maximum atomic E-state index is 13.0. The molecule has 0 spiro atoms. The normalized spacial score (nSPS) is 12.7. The van der Waals surface area contributed by atoms with Gasteiger partial charge in [0.25, 0.3) is 0 Å². The van der Waals surface area contributed by atoms with E-state index in [0.29, 0.717) is 0 Å². The van der Waals surface area contributed by atoms with Crippen molar-refractivity contribution in [2.75, 3.05) is 0 Å². The molecule has 1 atom stereocenters. The number of rotatable bonds is 52. The molecule has 0 aliphatic rings. The fourth-order valence-electron chi connectivity index (χ4n) is 9.73. The summed E-state index contributed by atoms with van der Waals surface area (Å²) in [5.41, 5.74) is -0.470. The van der Waals surface area contributed by atoms with E-state index >= 15 is 0 Å². The highest BCUT2D eigenvalue weighted by molar-refractivity contribution is 5.74. The summed E-state index contributed by atoms with van der Waals surface area (Å²) >= 11 is 0. The third-order valence-electron chi connectivity index (χ3n) is 14.0. The zero-order chi connectivity index (χ0) is 42.1. The highest BCUT2D eigenvalue weighted by Gasteiger charge is 2.36. The topological polar surface area (TPSA) is 37.3 Å². The molecule has 0 amide bonds. The Hall–Kier alpha value is -0.530. The van der Waals surface area contributed by atoms with Gasteiger partial charge in [-0.2, -0.15) is 0 Å². The smallest absolute Gasteiger partial charge is 0.309 e. The fraction of sp³-hybridized carbons (Fsp3) is 0.982. The zero-order valence-corrected chi connectivity index (χ0v) is 40.9. The molecule has 348 valence electrons. The molecule has 0 saturated carbocycles. The van der Waals surface area contributed by atoms with Gasteiger partial charge >= 0.3 is 5.97 Å². The lowest BCUT2D eigenvalue weighted by Crippen LogP contribution is -2.31. The number of hydrogen-bond donors (Lipinski definition) is 1. The molecule has 2 heteroatoms. The monoisotopic (exact) mass is 817 g/mol. The minimum absolute atomic E-state index is 0.470. The number of aliphatic carboxylic acids is 1. The molecular formula is C56H112O2. The van der Waals surface area contributed by atoms with Gasteiger partial charge in [0.05, 0.1) is 5.41 Å². The molecule has 0 bridgehead atoms. The molecule has 0 aliphatic heterocycles. The molecule has 1 unspecified atom stereocenters. The van der Waals surface area contributed by atoms with Gasteiger partial charge < -0.3 is 5.11 Å². The van der Waals surface area contributed by atoms with Crippen molar-refractivity contribution >= 4 is 5.97 Å². The second-order valence-electron chi connectivity index (χ2n) is 19.7. The van der Waals surface area contributed by atoms with Crippen LogP contribution in [0.4, 0.5) is 0 Å². The van der Waals surface area contributed by atoms with Gasteiger partial charge in [-0.1, -0.05) is 329 Å². The van der Waals surface area contributed by atoms with Gasteiger partial charge in [-0.3, -0.25) is 4.79 Å². The van der Waals surface area contributed by atoms with Gasteiger partial charge in [0.2, 0.25) is 0 Å². The molecule has 0 rings (SSSR count). The summed E-state index contributed by atoms with van der Waals surface area (Å²) in [7, 11) is 0. The Labute approximate surface area is 368 Å². The summed E-state index contributed by atoms with van der Waals surface area (Å²) in [6.07, 6.45) is 68.8. The third kappa shape index (κ3) is 42.2. The Morgan fingerprint density at radius 1 is 0.241 bits per heavy atom. The lowest BCUT2D eigenvalue weighted by atomic mass is 9.74. The summed E-state index contributed by atoms with van der Waals surface area (Å²) in [5.74, 6) is -0.477. The number of hydrogen-bond acceptors (Lipinski definition) is 1. The maximum absolute atomic E-state index is 13.0. The van der Waals surface area contributed by atoms with Crippen molar-refractivity contribution in [3.63, 3.8) is 0 Å². The van der Waals surface area contributed by atoms with Crippen molar-refractivity contribution in [3.8, 4) is 0 Å². The van der Waals surface area contributed by atoms with Gasteiger partial charge in [0, 0.05) is 0 Å². The molecule has 0 heterocycles. The van der Waals surface area contributed by atoms with E-state index < -0.39 is 11.4 Å². The fourth-order valence-corrected chi connectivity index (χ4v) is 9.73. The highest BCUT2D eigenvalue weighted by atomic mass is 16.4. The minimum atomic E-state index is -0.477. The van der Waals surface area contributed by atoms with E-state index in [-0.39, 0.29) is 0 Å². The van der Waals surface area contributed by atoms with Crippen molar-refractivity contribution in [2.45, 2.75) is 348 Å². The Morgan fingerprint density at radius 2 is 0.362 bits per heavy atom. The maximum Gasteiger partial charge on any atom is 0.309 e.